The van der Waals surface area contributed by atoms with Gasteiger partial charge in [0.05, 0.1) is 12.8 Å². The molecule has 0 aliphatic carbocycles. The summed E-state index contributed by atoms with van der Waals surface area (Å²) in [6.07, 6.45) is 0. The molecule has 0 amide bonds. The molecule has 0 unspecified atom stereocenters. The Bertz CT molecular complexity index is 1070. The average molecular weight is 375 g/mol. The van der Waals surface area contributed by atoms with E-state index in [0.717, 1.165) is 22.5 Å². The van der Waals surface area contributed by atoms with Crippen molar-refractivity contribution in [3.8, 4) is 0 Å². The molecule has 0 saturated carbocycles. The lowest BCUT2D eigenvalue weighted by Crippen LogP contribution is -2.16. The van der Waals surface area contributed by atoms with Gasteiger partial charge in [0.25, 0.3) is 10.0 Å². The quantitative estimate of drug-likeness (QED) is 0.697. The summed E-state index contributed by atoms with van der Waals surface area (Å²) >= 11 is 1.11. The fraction of sp³-hybridized carbons (Fsp3) is 0.167. The third-order valence-electron chi connectivity index (χ3n) is 3.82. The molecular formula is C18H17NO4S2. The van der Waals surface area contributed by atoms with Gasteiger partial charge in [-0.05, 0) is 31.5 Å². The van der Waals surface area contributed by atoms with E-state index in [0.29, 0.717) is 15.8 Å². The highest BCUT2D eigenvalue weighted by molar-refractivity contribution is 7.93. The van der Waals surface area contributed by atoms with E-state index in [9.17, 15) is 13.2 Å². The first-order valence-electron chi connectivity index (χ1n) is 7.53. The van der Waals surface area contributed by atoms with Crippen LogP contribution in [0.5, 0.6) is 0 Å². The molecule has 1 N–H and O–H groups in total. The van der Waals surface area contributed by atoms with E-state index in [1.165, 1.54) is 7.11 Å². The lowest BCUT2D eigenvalue weighted by Gasteiger charge is -2.12. The summed E-state index contributed by atoms with van der Waals surface area (Å²) in [4.78, 5) is 12.1. The topological polar surface area (TPSA) is 72.5 Å². The van der Waals surface area contributed by atoms with Crippen molar-refractivity contribution in [1.29, 1.82) is 0 Å². The number of thiophene rings is 1. The fourth-order valence-corrected chi connectivity index (χ4v) is 5.59. The number of rotatable bonds is 4. The van der Waals surface area contributed by atoms with Crippen molar-refractivity contribution in [2.45, 2.75) is 18.7 Å². The number of fused-ring (bicyclic) bond motifs is 1. The van der Waals surface area contributed by atoms with Gasteiger partial charge in [-0.2, -0.15) is 0 Å². The van der Waals surface area contributed by atoms with E-state index in [4.69, 9.17) is 4.74 Å². The molecule has 0 bridgehead atoms. The second-order valence-corrected chi connectivity index (χ2v) is 8.34. The molecule has 0 spiro atoms. The Morgan fingerprint density at radius 3 is 2.52 bits per heavy atom. The summed E-state index contributed by atoms with van der Waals surface area (Å²) in [5, 5.41) is 0.505. The molecule has 5 nitrogen and oxygen atoms in total. The summed E-state index contributed by atoms with van der Waals surface area (Å²) in [5.74, 6) is -0.665. The van der Waals surface area contributed by atoms with Gasteiger partial charge < -0.3 is 4.74 Å². The maximum Gasteiger partial charge on any atom is 0.349 e. The third-order valence-corrected chi connectivity index (χ3v) is 6.55. The second-order valence-electron chi connectivity index (χ2n) is 5.67. The van der Waals surface area contributed by atoms with Crippen LogP contribution in [0, 0.1) is 13.8 Å². The van der Waals surface area contributed by atoms with Crippen LogP contribution in [0.4, 0.5) is 5.69 Å². The number of hydrogen-bond donors (Lipinski definition) is 1. The molecule has 0 atom stereocenters. The Kier molecular flexibility index (Phi) is 4.53. The Balaban J connectivity index is 2.18. The van der Waals surface area contributed by atoms with Crippen LogP contribution in [-0.4, -0.2) is 21.5 Å². The van der Waals surface area contributed by atoms with E-state index in [2.05, 4.69) is 4.72 Å². The van der Waals surface area contributed by atoms with Crippen molar-refractivity contribution in [2.24, 2.45) is 0 Å². The minimum Gasteiger partial charge on any atom is -0.465 e. The smallest absolute Gasteiger partial charge is 0.349 e. The Morgan fingerprint density at radius 2 is 1.84 bits per heavy atom. The van der Waals surface area contributed by atoms with Gasteiger partial charge in [0.15, 0.2) is 0 Å². The minimum absolute atomic E-state index is 0.0417. The van der Waals surface area contributed by atoms with Gasteiger partial charge in [-0.1, -0.05) is 35.9 Å². The number of hydrogen-bond acceptors (Lipinski definition) is 5. The Hall–Kier alpha value is -2.38. The van der Waals surface area contributed by atoms with Crippen LogP contribution in [0.25, 0.3) is 10.1 Å². The highest BCUT2D eigenvalue weighted by atomic mass is 32.2. The zero-order chi connectivity index (χ0) is 18.2. The molecule has 0 fully saturated rings. The van der Waals surface area contributed by atoms with Crippen LogP contribution in [-0.2, 0) is 14.8 Å². The number of anilines is 1. The van der Waals surface area contributed by atoms with E-state index in [1.54, 1.807) is 30.3 Å². The third kappa shape index (κ3) is 3.25. The lowest BCUT2D eigenvalue weighted by molar-refractivity contribution is 0.0602. The summed E-state index contributed by atoms with van der Waals surface area (Å²) < 4.78 is 34.2. The molecule has 1 heterocycles. The van der Waals surface area contributed by atoms with E-state index >= 15 is 0 Å². The molecule has 3 rings (SSSR count). The number of nitrogens with one attached hydrogen (secondary N) is 1. The predicted octanol–water partition coefficient (Wildman–Crippen LogP) is 4.11. The van der Waals surface area contributed by atoms with Crippen LogP contribution in [0.15, 0.2) is 47.4 Å². The zero-order valence-corrected chi connectivity index (χ0v) is 15.6. The van der Waals surface area contributed by atoms with Gasteiger partial charge in [-0.25, -0.2) is 13.2 Å². The van der Waals surface area contributed by atoms with Gasteiger partial charge in [-0.15, -0.1) is 11.3 Å². The van der Waals surface area contributed by atoms with Crippen molar-refractivity contribution in [3.05, 3.63) is 58.5 Å². The Morgan fingerprint density at radius 1 is 1.12 bits per heavy atom. The van der Waals surface area contributed by atoms with Crippen LogP contribution in [0.1, 0.15) is 20.8 Å². The maximum atomic E-state index is 13.0. The number of aryl methyl sites for hydroxylation is 2. The second kappa shape index (κ2) is 6.50. The number of esters is 1. The molecule has 7 heteroatoms. The molecule has 0 saturated heterocycles. The first kappa shape index (κ1) is 17.4. The van der Waals surface area contributed by atoms with E-state index < -0.39 is 16.0 Å². The van der Waals surface area contributed by atoms with Gasteiger partial charge >= 0.3 is 5.97 Å². The predicted molar refractivity (Wildman–Crippen MR) is 99.9 cm³/mol. The van der Waals surface area contributed by atoms with Gasteiger partial charge in [0, 0.05) is 10.1 Å². The Labute approximate surface area is 150 Å². The lowest BCUT2D eigenvalue weighted by atomic mass is 10.1. The van der Waals surface area contributed by atoms with Crippen LogP contribution in [0.2, 0.25) is 0 Å². The van der Waals surface area contributed by atoms with Crippen LogP contribution < -0.4 is 4.72 Å². The standard InChI is InChI=1S/C18H17NO4S2/c1-11-8-9-14(12(2)10-11)19-25(21,22)17-13-6-4-5-7-15(13)24-16(17)18(20)23-3/h4-10,19H,1-3H3. The van der Waals surface area contributed by atoms with Crippen molar-refractivity contribution < 1.29 is 17.9 Å². The first-order chi connectivity index (χ1) is 11.8. The van der Waals surface area contributed by atoms with Crippen molar-refractivity contribution in [1.82, 2.24) is 0 Å². The average Bonchev–Trinajstić information content (AvgIpc) is 2.97. The molecule has 130 valence electrons. The summed E-state index contributed by atoms with van der Waals surface area (Å²) in [5.41, 5.74) is 2.33. The summed E-state index contributed by atoms with van der Waals surface area (Å²) in [6.45, 7) is 3.77. The van der Waals surface area contributed by atoms with Crippen molar-refractivity contribution in [3.63, 3.8) is 0 Å². The van der Waals surface area contributed by atoms with Crippen LogP contribution in [0.3, 0.4) is 0 Å². The first-order valence-corrected chi connectivity index (χ1v) is 9.83. The molecule has 3 aromatic rings. The maximum absolute atomic E-state index is 13.0. The molecular weight excluding hydrogens is 358 g/mol. The van der Waals surface area contributed by atoms with Gasteiger partial charge in [0.1, 0.15) is 9.77 Å². The number of methoxy groups -OCH3 is 1. The monoisotopic (exact) mass is 375 g/mol. The number of benzene rings is 2. The minimum atomic E-state index is -3.96. The van der Waals surface area contributed by atoms with Crippen molar-refractivity contribution in [2.75, 3.05) is 11.8 Å². The highest BCUT2D eigenvalue weighted by Crippen LogP contribution is 2.36. The van der Waals surface area contributed by atoms with E-state index in [1.807, 2.05) is 26.0 Å². The van der Waals surface area contributed by atoms with Gasteiger partial charge in [-0.3, -0.25) is 4.72 Å². The zero-order valence-electron chi connectivity index (χ0n) is 14.0. The van der Waals surface area contributed by atoms with Crippen LogP contribution >= 0.6 is 11.3 Å². The molecule has 1 aromatic heterocycles. The normalized spacial score (nSPS) is 11.5. The molecule has 25 heavy (non-hydrogen) atoms. The number of carbonyl (C=O) groups excluding carboxylic acids is 1. The highest BCUT2D eigenvalue weighted by Gasteiger charge is 2.29. The largest absolute Gasteiger partial charge is 0.465 e. The molecule has 2 aromatic carbocycles. The van der Waals surface area contributed by atoms with Gasteiger partial charge in [0.2, 0.25) is 0 Å². The molecule has 0 radical (unpaired) electrons. The number of carbonyl (C=O) groups is 1. The number of sulfonamides is 1. The molecule has 0 aliphatic heterocycles. The molecule has 0 aliphatic rings. The summed E-state index contributed by atoms with van der Waals surface area (Å²) in [6, 6.07) is 12.5. The SMILES string of the molecule is COC(=O)c1sc2ccccc2c1S(=O)(=O)Nc1ccc(C)cc1C. The summed E-state index contributed by atoms with van der Waals surface area (Å²) in [7, 11) is -2.72. The van der Waals surface area contributed by atoms with E-state index in [-0.39, 0.29) is 9.77 Å². The fourth-order valence-electron chi connectivity index (χ4n) is 2.64. The number of ether oxygens (including phenoxy) is 1. The van der Waals surface area contributed by atoms with Crippen molar-refractivity contribution >= 4 is 43.1 Å².